The minimum Gasteiger partial charge on any atom is -0.345 e. The molecule has 1 amide bonds. The number of nitrogens with one attached hydrogen (secondary N) is 1. The van der Waals surface area contributed by atoms with E-state index in [4.69, 9.17) is 5.73 Å². The molecule has 2 aromatic carbocycles. The molecule has 3 nitrogen and oxygen atoms in total. The van der Waals surface area contributed by atoms with Crippen molar-refractivity contribution in [1.82, 2.24) is 5.32 Å². The summed E-state index contributed by atoms with van der Waals surface area (Å²) in [5, 5.41) is 2.89. The maximum atomic E-state index is 12.7. The van der Waals surface area contributed by atoms with Crippen molar-refractivity contribution < 1.29 is 18.0 Å². The number of hydrogen-bond donors (Lipinski definition) is 2. The van der Waals surface area contributed by atoms with Crippen molar-refractivity contribution in [3.63, 3.8) is 0 Å². The van der Waals surface area contributed by atoms with Gasteiger partial charge in [0.05, 0.1) is 11.6 Å². The molecule has 3 N–H and O–H groups in total. The average molecular weight is 387 g/mol. The zero-order chi connectivity index (χ0) is 18.6. The monoisotopic (exact) mass is 386 g/mol. The summed E-state index contributed by atoms with van der Waals surface area (Å²) in [5.41, 5.74) is 6.86. The maximum absolute atomic E-state index is 12.7. The van der Waals surface area contributed by atoms with Crippen molar-refractivity contribution in [3.8, 4) is 0 Å². The Balaban J connectivity index is 0.00000338. The molecule has 0 spiro atoms. The van der Waals surface area contributed by atoms with Crippen LogP contribution in [0.5, 0.6) is 0 Å². The summed E-state index contributed by atoms with van der Waals surface area (Å²) in [5.74, 6) is -0.258. The van der Waals surface area contributed by atoms with E-state index in [1.54, 1.807) is 24.3 Å². The summed E-state index contributed by atoms with van der Waals surface area (Å²) in [7, 11) is 0. The summed E-state index contributed by atoms with van der Waals surface area (Å²) < 4.78 is 38.1. The van der Waals surface area contributed by atoms with E-state index in [1.807, 2.05) is 13.8 Å². The lowest BCUT2D eigenvalue weighted by Gasteiger charge is -2.23. The zero-order valence-electron chi connectivity index (χ0n) is 14.5. The molecule has 0 radical (unpaired) electrons. The fraction of sp³-hybridized carbons (Fsp3) is 0.316. The van der Waals surface area contributed by atoms with Crippen LogP contribution in [0.15, 0.2) is 48.5 Å². The zero-order valence-corrected chi connectivity index (χ0v) is 15.3. The molecule has 0 bridgehead atoms. The van der Waals surface area contributed by atoms with Gasteiger partial charge in [-0.25, -0.2) is 0 Å². The van der Waals surface area contributed by atoms with Crippen molar-refractivity contribution >= 4 is 18.3 Å². The van der Waals surface area contributed by atoms with E-state index in [0.717, 1.165) is 17.7 Å². The second kappa shape index (κ2) is 9.05. The molecule has 0 aliphatic carbocycles. The predicted molar refractivity (Wildman–Crippen MR) is 98.1 cm³/mol. The molecular formula is C19H22ClF3N2O. The van der Waals surface area contributed by atoms with Crippen LogP contribution in [0, 0.1) is 5.92 Å². The number of hydrogen-bond acceptors (Lipinski definition) is 2. The van der Waals surface area contributed by atoms with Gasteiger partial charge in [0.2, 0.25) is 0 Å². The Morgan fingerprint density at radius 2 is 1.58 bits per heavy atom. The van der Waals surface area contributed by atoms with Gasteiger partial charge < -0.3 is 11.1 Å². The summed E-state index contributed by atoms with van der Waals surface area (Å²) in [6, 6.07) is 11.4. The number of nitrogens with two attached hydrogens (primary N) is 1. The van der Waals surface area contributed by atoms with E-state index in [9.17, 15) is 18.0 Å². The molecular weight excluding hydrogens is 365 g/mol. The highest BCUT2D eigenvalue weighted by atomic mass is 35.5. The van der Waals surface area contributed by atoms with Gasteiger partial charge in [-0.3, -0.25) is 4.79 Å². The first-order valence-electron chi connectivity index (χ1n) is 7.99. The van der Waals surface area contributed by atoms with E-state index < -0.39 is 11.7 Å². The summed E-state index contributed by atoms with van der Waals surface area (Å²) >= 11 is 0. The molecule has 0 saturated carbocycles. The normalized spacial score (nSPS) is 12.4. The number of halogens is 4. The molecule has 2 rings (SSSR count). The van der Waals surface area contributed by atoms with E-state index in [1.165, 1.54) is 12.1 Å². The first-order chi connectivity index (χ1) is 11.7. The molecule has 0 aromatic heterocycles. The third-order valence-electron chi connectivity index (χ3n) is 4.00. The molecule has 0 aliphatic rings. The van der Waals surface area contributed by atoms with Gasteiger partial charge in [-0.05, 0) is 41.3 Å². The number of amides is 1. The Kier molecular flexibility index (Phi) is 7.66. The smallest absolute Gasteiger partial charge is 0.345 e. The molecule has 1 unspecified atom stereocenters. The fourth-order valence-corrected chi connectivity index (χ4v) is 2.53. The van der Waals surface area contributed by atoms with Crippen LogP contribution >= 0.6 is 12.4 Å². The van der Waals surface area contributed by atoms with Crippen LogP contribution < -0.4 is 11.1 Å². The Hall–Kier alpha value is -2.05. The highest BCUT2D eigenvalue weighted by Gasteiger charge is 2.30. The highest BCUT2D eigenvalue weighted by Crippen LogP contribution is 2.31. The van der Waals surface area contributed by atoms with Gasteiger partial charge in [0, 0.05) is 12.1 Å². The Labute approximate surface area is 157 Å². The summed E-state index contributed by atoms with van der Waals surface area (Å²) in [6.07, 6.45) is -4.38. The quantitative estimate of drug-likeness (QED) is 0.781. The first-order valence-corrected chi connectivity index (χ1v) is 7.99. The van der Waals surface area contributed by atoms with Crippen molar-refractivity contribution in [2.45, 2.75) is 32.6 Å². The van der Waals surface area contributed by atoms with Crippen molar-refractivity contribution in [3.05, 3.63) is 70.8 Å². The number of carbonyl (C=O) groups excluding carboxylic acids is 1. The van der Waals surface area contributed by atoms with Gasteiger partial charge in [0.25, 0.3) is 5.91 Å². The SMILES string of the molecule is CC(C)C(NC(=O)c1ccc(CN)cc1)c1ccc(C(F)(F)F)cc1.Cl. The van der Waals surface area contributed by atoms with Gasteiger partial charge in [0.15, 0.2) is 0 Å². The number of benzene rings is 2. The Morgan fingerprint density at radius 1 is 1.04 bits per heavy atom. The van der Waals surface area contributed by atoms with Crippen molar-refractivity contribution in [2.24, 2.45) is 11.7 Å². The lowest BCUT2D eigenvalue weighted by molar-refractivity contribution is -0.137. The molecule has 0 aliphatic heterocycles. The van der Waals surface area contributed by atoms with Gasteiger partial charge >= 0.3 is 6.18 Å². The topological polar surface area (TPSA) is 55.1 Å². The molecule has 142 valence electrons. The number of carbonyl (C=O) groups is 1. The largest absolute Gasteiger partial charge is 0.416 e. The van der Waals surface area contributed by atoms with Crippen molar-refractivity contribution in [1.29, 1.82) is 0 Å². The molecule has 0 saturated heterocycles. The van der Waals surface area contributed by atoms with E-state index in [0.29, 0.717) is 17.7 Å². The third kappa shape index (κ3) is 5.47. The molecule has 0 heterocycles. The maximum Gasteiger partial charge on any atom is 0.416 e. The van der Waals surface area contributed by atoms with E-state index in [2.05, 4.69) is 5.32 Å². The minimum absolute atomic E-state index is 0. The number of rotatable bonds is 5. The van der Waals surface area contributed by atoms with Crippen LogP contribution in [0.1, 0.15) is 46.9 Å². The summed E-state index contributed by atoms with van der Waals surface area (Å²) in [4.78, 5) is 12.4. The minimum atomic E-state index is -4.38. The summed E-state index contributed by atoms with van der Waals surface area (Å²) in [6.45, 7) is 4.20. The van der Waals surface area contributed by atoms with Crippen LogP contribution in [-0.4, -0.2) is 5.91 Å². The van der Waals surface area contributed by atoms with Crippen LogP contribution in [0.3, 0.4) is 0 Å². The van der Waals surface area contributed by atoms with Crippen molar-refractivity contribution in [2.75, 3.05) is 0 Å². The molecule has 1 atom stereocenters. The van der Waals surface area contributed by atoms with Gasteiger partial charge in [-0.1, -0.05) is 38.1 Å². The standard InChI is InChI=1S/C19H21F3N2O.ClH/c1-12(2)17(14-7-9-16(10-8-14)19(20,21)22)24-18(25)15-5-3-13(11-23)4-6-15;/h3-10,12,17H,11,23H2,1-2H3,(H,24,25);1H. The molecule has 0 fully saturated rings. The Bertz CT molecular complexity index is 713. The van der Waals surface area contributed by atoms with Gasteiger partial charge in [0.1, 0.15) is 0 Å². The van der Waals surface area contributed by atoms with Crippen LogP contribution in [-0.2, 0) is 12.7 Å². The fourth-order valence-electron chi connectivity index (χ4n) is 2.53. The second-order valence-electron chi connectivity index (χ2n) is 6.22. The lowest BCUT2D eigenvalue weighted by Crippen LogP contribution is -2.31. The molecule has 26 heavy (non-hydrogen) atoms. The van der Waals surface area contributed by atoms with Crippen LogP contribution in [0.2, 0.25) is 0 Å². The van der Waals surface area contributed by atoms with Crippen LogP contribution in [0.25, 0.3) is 0 Å². The second-order valence-corrected chi connectivity index (χ2v) is 6.22. The highest BCUT2D eigenvalue weighted by molar-refractivity contribution is 5.94. The van der Waals surface area contributed by atoms with Gasteiger partial charge in [-0.15, -0.1) is 12.4 Å². The molecule has 2 aromatic rings. The van der Waals surface area contributed by atoms with Gasteiger partial charge in [-0.2, -0.15) is 13.2 Å². The first kappa shape index (κ1) is 22.0. The third-order valence-corrected chi connectivity index (χ3v) is 4.00. The van der Waals surface area contributed by atoms with E-state index >= 15 is 0 Å². The average Bonchev–Trinajstić information content (AvgIpc) is 2.58. The van der Waals surface area contributed by atoms with Crippen LogP contribution in [0.4, 0.5) is 13.2 Å². The number of alkyl halides is 3. The molecule has 7 heteroatoms. The predicted octanol–water partition coefficient (Wildman–Crippen LogP) is 4.71. The Morgan fingerprint density at radius 3 is 2.00 bits per heavy atom. The lowest BCUT2D eigenvalue weighted by atomic mass is 9.94. The van der Waals surface area contributed by atoms with E-state index in [-0.39, 0.29) is 30.3 Å².